The number of likely N-dealkylation sites (N-methyl/N-ethyl adjacent to an activating group) is 1. The van der Waals surface area contributed by atoms with E-state index in [0.717, 1.165) is 19.6 Å². The summed E-state index contributed by atoms with van der Waals surface area (Å²) in [7, 11) is -1.69. The first-order chi connectivity index (χ1) is 7.48. The molecule has 0 aromatic carbocycles. The molecule has 2 unspecified atom stereocenters. The number of hydrogen-bond acceptors (Lipinski definition) is 4. The highest BCUT2D eigenvalue weighted by Gasteiger charge is 2.31. The summed E-state index contributed by atoms with van der Waals surface area (Å²) in [4.78, 5) is 2.26. The van der Waals surface area contributed by atoms with Gasteiger partial charge in [-0.3, -0.25) is 0 Å². The highest BCUT2D eigenvalue weighted by atomic mass is 32.2. The number of hydrogen-bond donors (Lipinski definition) is 1. The Morgan fingerprint density at radius 3 is 2.62 bits per heavy atom. The molecule has 1 heterocycles. The van der Waals surface area contributed by atoms with Crippen LogP contribution in [0, 0.1) is 5.92 Å². The van der Waals surface area contributed by atoms with E-state index in [4.69, 9.17) is 4.74 Å². The number of likely N-dealkylation sites (tertiary alicyclic amines) is 1. The van der Waals surface area contributed by atoms with Crippen LogP contribution in [0.15, 0.2) is 0 Å². The van der Waals surface area contributed by atoms with Crippen LogP contribution in [-0.4, -0.2) is 58.5 Å². The molecule has 1 fully saturated rings. The topological polar surface area (TPSA) is 58.6 Å². The third kappa shape index (κ3) is 4.01. The minimum Gasteiger partial charge on any atom is -0.384 e. The summed E-state index contributed by atoms with van der Waals surface area (Å²) >= 11 is 0. The molecule has 1 aliphatic heterocycles. The Kier molecular flexibility index (Phi) is 5.17. The molecule has 16 heavy (non-hydrogen) atoms. The van der Waals surface area contributed by atoms with Gasteiger partial charge in [0, 0.05) is 26.2 Å². The highest BCUT2D eigenvalue weighted by Crippen LogP contribution is 2.16. The van der Waals surface area contributed by atoms with Gasteiger partial charge in [0.2, 0.25) is 10.0 Å². The Hall–Kier alpha value is -0.170. The first-order valence-electron chi connectivity index (χ1n) is 5.69. The van der Waals surface area contributed by atoms with E-state index in [0.29, 0.717) is 5.92 Å². The smallest absolute Gasteiger partial charge is 0.214 e. The second kappa shape index (κ2) is 5.95. The first-order valence-corrected chi connectivity index (χ1v) is 7.35. The first kappa shape index (κ1) is 13.9. The number of sulfonamides is 1. The molecule has 5 nitrogen and oxygen atoms in total. The fourth-order valence-corrected chi connectivity index (χ4v) is 3.23. The van der Waals surface area contributed by atoms with E-state index in [1.54, 1.807) is 0 Å². The lowest BCUT2D eigenvalue weighted by atomic mass is 10.1. The van der Waals surface area contributed by atoms with E-state index in [2.05, 4.69) is 23.5 Å². The van der Waals surface area contributed by atoms with Gasteiger partial charge in [-0.1, -0.05) is 13.8 Å². The van der Waals surface area contributed by atoms with Crippen molar-refractivity contribution < 1.29 is 13.2 Å². The van der Waals surface area contributed by atoms with Crippen molar-refractivity contribution in [2.75, 3.05) is 39.1 Å². The average Bonchev–Trinajstić information content (AvgIpc) is 2.56. The van der Waals surface area contributed by atoms with Crippen LogP contribution in [0.2, 0.25) is 0 Å². The van der Waals surface area contributed by atoms with Crippen molar-refractivity contribution in [2.45, 2.75) is 19.9 Å². The summed E-state index contributed by atoms with van der Waals surface area (Å²) in [6.07, 6.45) is 0. The highest BCUT2D eigenvalue weighted by molar-refractivity contribution is 7.89. The molecule has 0 amide bonds. The second-order valence-corrected chi connectivity index (χ2v) is 6.24. The Labute approximate surface area is 98.2 Å². The normalized spacial score (nSPS) is 27.4. The zero-order valence-corrected chi connectivity index (χ0v) is 11.1. The van der Waals surface area contributed by atoms with Gasteiger partial charge in [0.1, 0.15) is 0 Å². The molecule has 1 rings (SSSR count). The van der Waals surface area contributed by atoms with Gasteiger partial charge in [0.15, 0.2) is 0 Å². The van der Waals surface area contributed by atoms with Gasteiger partial charge < -0.3 is 9.64 Å². The van der Waals surface area contributed by atoms with Crippen LogP contribution in [-0.2, 0) is 14.8 Å². The van der Waals surface area contributed by atoms with Crippen LogP contribution < -0.4 is 4.72 Å². The van der Waals surface area contributed by atoms with Crippen molar-refractivity contribution in [2.24, 2.45) is 5.92 Å². The van der Waals surface area contributed by atoms with Gasteiger partial charge in [-0.15, -0.1) is 0 Å². The molecule has 1 saturated heterocycles. The van der Waals surface area contributed by atoms with Gasteiger partial charge in [-0.05, 0) is 12.5 Å². The molecule has 1 N–H and O–H groups in total. The molecular formula is C10H22N2O3S. The molecule has 2 atom stereocenters. The van der Waals surface area contributed by atoms with Crippen LogP contribution in [0.25, 0.3) is 0 Å². The summed E-state index contributed by atoms with van der Waals surface area (Å²) < 4.78 is 30.9. The van der Waals surface area contributed by atoms with Crippen molar-refractivity contribution >= 4 is 10.0 Å². The standard InChI is InChI=1S/C10H22N2O3S/c1-4-12-7-9(2)10(8-12)11-16(13,14)6-5-15-3/h9-11H,4-8H2,1-3H3. The molecule has 0 radical (unpaired) electrons. The third-order valence-electron chi connectivity index (χ3n) is 3.02. The summed E-state index contributed by atoms with van der Waals surface area (Å²) in [6.45, 7) is 7.17. The number of nitrogens with one attached hydrogen (secondary N) is 1. The third-order valence-corrected chi connectivity index (χ3v) is 4.39. The average molecular weight is 250 g/mol. The lowest BCUT2D eigenvalue weighted by molar-refractivity contribution is 0.216. The zero-order valence-electron chi connectivity index (χ0n) is 10.3. The van der Waals surface area contributed by atoms with Crippen LogP contribution in [0.4, 0.5) is 0 Å². The Morgan fingerprint density at radius 2 is 2.12 bits per heavy atom. The van der Waals surface area contributed by atoms with Crippen LogP contribution in [0.1, 0.15) is 13.8 Å². The fraction of sp³-hybridized carbons (Fsp3) is 1.00. The van der Waals surface area contributed by atoms with E-state index in [-0.39, 0.29) is 18.4 Å². The van der Waals surface area contributed by atoms with Crippen molar-refractivity contribution in [3.8, 4) is 0 Å². The summed E-state index contributed by atoms with van der Waals surface area (Å²) in [5.41, 5.74) is 0. The van der Waals surface area contributed by atoms with Crippen molar-refractivity contribution in [1.29, 1.82) is 0 Å². The summed E-state index contributed by atoms with van der Waals surface area (Å²) in [5.74, 6) is 0.413. The zero-order chi connectivity index (χ0) is 12.2. The van der Waals surface area contributed by atoms with Crippen molar-refractivity contribution in [1.82, 2.24) is 9.62 Å². The number of methoxy groups -OCH3 is 1. The molecule has 0 aliphatic carbocycles. The molecule has 1 aliphatic rings. The Balaban J connectivity index is 2.48. The van der Waals surface area contributed by atoms with Gasteiger partial charge in [0.25, 0.3) is 0 Å². The van der Waals surface area contributed by atoms with Crippen LogP contribution >= 0.6 is 0 Å². The summed E-state index contributed by atoms with van der Waals surface area (Å²) in [5, 5.41) is 0. The molecule has 0 aromatic heterocycles. The van der Waals surface area contributed by atoms with Gasteiger partial charge in [0.05, 0.1) is 12.4 Å². The molecular weight excluding hydrogens is 228 g/mol. The van der Waals surface area contributed by atoms with E-state index >= 15 is 0 Å². The maximum Gasteiger partial charge on any atom is 0.214 e. The van der Waals surface area contributed by atoms with Gasteiger partial charge in [-0.2, -0.15) is 0 Å². The predicted molar refractivity (Wildman–Crippen MR) is 63.9 cm³/mol. The predicted octanol–water partition coefficient (Wildman–Crippen LogP) is -0.108. The minimum atomic E-state index is -3.19. The minimum absolute atomic E-state index is 0.0405. The molecule has 6 heteroatoms. The molecule has 0 saturated carbocycles. The number of nitrogens with zero attached hydrogens (tertiary/aromatic N) is 1. The van der Waals surface area contributed by atoms with Crippen LogP contribution in [0.3, 0.4) is 0 Å². The lowest BCUT2D eigenvalue weighted by Crippen LogP contribution is -2.41. The monoisotopic (exact) mass is 250 g/mol. The van der Waals surface area contributed by atoms with Gasteiger partial charge in [-0.25, -0.2) is 13.1 Å². The van der Waals surface area contributed by atoms with E-state index in [9.17, 15) is 8.42 Å². The SMILES string of the molecule is CCN1CC(C)C(NS(=O)(=O)CCOC)C1. The molecule has 96 valence electrons. The second-order valence-electron chi connectivity index (χ2n) is 4.37. The van der Waals surface area contributed by atoms with E-state index in [1.165, 1.54) is 7.11 Å². The van der Waals surface area contributed by atoms with Gasteiger partial charge >= 0.3 is 0 Å². The Bertz CT molecular complexity index is 305. The maximum atomic E-state index is 11.7. The molecule has 0 bridgehead atoms. The Morgan fingerprint density at radius 1 is 1.44 bits per heavy atom. The maximum absolute atomic E-state index is 11.7. The van der Waals surface area contributed by atoms with E-state index < -0.39 is 10.0 Å². The largest absolute Gasteiger partial charge is 0.384 e. The molecule has 0 aromatic rings. The van der Waals surface area contributed by atoms with Crippen molar-refractivity contribution in [3.63, 3.8) is 0 Å². The molecule has 0 spiro atoms. The van der Waals surface area contributed by atoms with Crippen LogP contribution in [0.5, 0.6) is 0 Å². The lowest BCUT2D eigenvalue weighted by Gasteiger charge is -2.16. The summed E-state index contributed by atoms with van der Waals surface area (Å²) in [6, 6.07) is 0.0433. The van der Waals surface area contributed by atoms with Crippen molar-refractivity contribution in [3.05, 3.63) is 0 Å². The quantitative estimate of drug-likeness (QED) is 0.715. The number of rotatable bonds is 6. The fourth-order valence-electron chi connectivity index (χ4n) is 1.96. The van der Waals surface area contributed by atoms with E-state index in [1.807, 2.05) is 0 Å². The number of ether oxygens (including phenoxy) is 1.